The van der Waals surface area contributed by atoms with Gasteiger partial charge in [0.1, 0.15) is 30.2 Å². The number of carbonyl (C=O) groups is 9. The molecule has 0 radical (unpaired) electrons. The van der Waals surface area contributed by atoms with Crippen molar-refractivity contribution in [1.82, 2.24) is 47.1 Å². The average Bonchev–Trinajstić information content (AvgIpc) is 3.75. The van der Waals surface area contributed by atoms with Gasteiger partial charge in [-0.05, 0) is 17.5 Å². The fourth-order valence-corrected chi connectivity index (χ4v) is 8.42. The molecule has 1 fully saturated rings. The van der Waals surface area contributed by atoms with Crippen LogP contribution < -0.4 is 43.0 Å². The molecule has 0 aliphatic carbocycles. The summed E-state index contributed by atoms with van der Waals surface area (Å²) in [5.74, 6) is -15.2. The van der Waals surface area contributed by atoms with Crippen molar-refractivity contribution in [1.29, 1.82) is 0 Å². The minimum Gasteiger partial charge on any atom is -0.394 e. The topological polar surface area (TPSA) is 323 Å². The molecule has 2 bridgehead atoms. The summed E-state index contributed by atoms with van der Waals surface area (Å²) in [6, 6.07) is -2.12. The summed E-state index contributed by atoms with van der Waals surface area (Å²) in [6.45, 7) is 0.899. The molecular formula is C38H50F2N10O11S. The molecule has 1 aromatic carbocycles. The molecule has 9 amide bonds. The van der Waals surface area contributed by atoms with Gasteiger partial charge in [0.05, 0.1) is 43.8 Å². The first-order valence-electron chi connectivity index (χ1n) is 19.8. The molecule has 21 nitrogen and oxygen atoms in total. The van der Waals surface area contributed by atoms with E-state index in [0.29, 0.717) is 34.0 Å². The fourth-order valence-electron chi connectivity index (χ4n) is 7.32. The van der Waals surface area contributed by atoms with Crippen LogP contribution in [0.2, 0.25) is 0 Å². The summed E-state index contributed by atoms with van der Waals surface area (Å²) in [7, 11) is 0. The van der Waals surface area contributed by atoms with Crippen LogP contribution in [-0.2, 0) is 49.6 Å². The monoisotopic (exact) mass is 892 g/mol. The van der Waals surface area contributed by atoms with Crippen LogP contribution in [0.25, 0.3) is 10.9 Å². The highest BCUT2D eigenvalue weighted by Crippen LogP contribution is 2.35. The largest absolute Gasteiger partial charge is 0.394 e. The maximum atomic E-state index is 15.1. The van der Waals surface area contributed by atoms with Gasteiger partial charge in [-0.25, -0.2) is 8.78 Å². The molecule has 0 saturated carbocycles. The van der Waals surface area contributed by atoms with Crippen LogP contribution in [0.15, 0.2) is 29.3 Å². The average molecular weight is 893 g/mol. The summed E-state index contributed by atoms with van der Waals surface area (Å²) in [5.41, 5.74) is 6.16. The number of H-pyrrole nitrogens is 1. The molecule has 5 rings (SSSR count). The van der Waals surface area contributed by atoms with Crippen LogP contribution in [0.4, 0.5) is 8.78 Å². The Kier molecular flexibility index (Phi) is 15.1. The number of nitrogens with zero attached hydrogens (tertiary/aromatic N) is 1. The number of para-hydroxylation sites is 1. The molecule has 4 heterocycles. The van der Waals surface area contributed by atoms with Gasteiger partial charge in [0, 0.05) is 29.7 Å². The Morgan fingerprint density at radius 1 is 0.887 bits per heavy atom. The van der Waals surface area contributed by atoms with E-state index in [1.807, 2.05) is 0 Å². The number of hydrogen-bond acceptors (Lipinski definition) is 12. The Labute approximate surface area is 357 Å². The maximum Gasteiger partial charge on any atom is 0.267 e. The van der Waals surface area contributed by atoms with Crippen LogP contribution in [0.5, 0.6) is 0 Å². The lowest BCUT2D eigenvalue weighted by molar-refractivity contribution is -0.144. The molecule has 1 saturated heterocycles. The molecule has 24 heteroatoms. The van der Waals surface area contributed by atoms with Crippen molar-refractivity contribution in [2.24, 2.45) is 17.6 Å². The lowest BCUT2D eigenvalue weighted by Crippen LogP contribution is -2.61. The smallest absolute Gasteiger partial charge is 0.267 e. The number of benzene rings is 1. The van der Waals surface area contributed by atoms with E-state index in [1.165, 1.54) is 6.92 Å². The quantitative estimate of drug-likeness (QED) is 0.130. The molecule has 62 heavy (non-hydrogen) atoms. The van der Waals surface area contributed by atoms with Crippen molar-refractivity contribution in [2.75, 3.05) is 26.2 Å². The van der Waals surface area contributed by atoms with Crippen LogP contribution >= 0.6 is 11.8 Å². The molecule has 3 aliphatic heterocycles. The Bertz CT molecular complexity index is 2110. The normalized spacial score (nSPS) is 27.3. The minimum atomic E-state index is -3.70. The van der Waals surface area contributed by atoms with Crippen molar-refractivity contribution >= 4 is 75.8 Å². The first-order valence-corrected chi connectivity index (χ1v) is 20.7. The molecule has 0 spiro atoms. The predicted octanol–water partition coefficient (Wildman–Crippen LogP) is -3.41. The first-order chi connectivity index (χ1) is 29.2. The van der Waals surface area contributed by atoms with Gasteiger partial charge in [-0.2, -0.15) is 0 Å². The standard InChI is InChI=1S/C38H50F2N10O11S/c1-4-16(2)28-32(58)43-13-27(55)48-36-34(60)45-22(10-25(41)53)37(61)50-15-38(39,40)11-23(50)31(57)49-29(17(3)24(52)14-51)33(59)44-21(30(56)42-12-26(54)47-28)9-19-18-7-5-6-8-20(18)46-35(19)62-36/h5-8,16-17,21-24,28-29,36,46,51-52H,4,9-15H2,1-3H3,(H2,41,53)(H,42,56)(H,43,58)(H,44,59)(H,45,60)(H,47,54)(H,48,55)(H,49,57)/t16-,17-,21-,22-,23-,24-,28-,29-,36-/m0/s1. The molecule has 12 N–H and O–H groups in total. The highest BCUT2D eigenvalue weighted by atomic mass is 32.2. The molecule has 9 atom stereocenters. The Hall–Kier alpha value is -5.88. The Morgan fingerprint density at radius 3 is 2.21 bits per heavy atom. The number of hydrogen-bond donors (Lipinski definition) is 11. The summed E-state index contributed by atoms with van der Waals surface area (Å²) in [5, 5.41) is 36.3. The molecule has 0 unspecified atom stereocenters. The maximum absolute atomic E-state index is 15.1. The number of aromatic nitrogens is 1. The molecule has 1 aromatic heterocycles. The van der Waals surface area contributed by atoms with Gasteiger partial charge in [0.15, 0.2) is 5.37 Å². The van der Waals surface area contributed by atoms with Crippen LogP contribution in [0, 0.1) is 11.8 Å². The number of amides is 9. The molecule has 2 aromatic rings. The lowest BCUT2D eigenvalue weighted by Gasteiger charge is -2.32. The number of nitrogens with one attached hydrogen (secondary N) is 8. The Balaban J connectivity index is 1.72. The number of aromatic amines is 1. The third-order valence-electron chi connectivity index (χ3n) is 11.0. The van der Waals surface area contributed by atoms with Gasteiger partial charge in [0.25, 0.3) is 11.8 Å². The third kappa shape index (κ3) is 11.1. The number of primary amides is 1. The summed E-state index contributed by atoms with van der Waals surface area (Å²) >= 11 is 0.650. The number of nitrogens with two attached hydrogens (primary N) is 1. The fraction of sp³-hybridized carbons (Fsp3) is 0.553. The van der Waals surface area contributed by atoms with Gasteiger partial charge < -0.3 is 63.0 Å². The Morgan fingerprint density at radius 2 is 1.55 bits per heavy atom. The summed E-state index contributed by atoms with van der Waals surface area (Å²) in [4.78, 5) is 127. The molecular weight excluding hydrogens is 843 g/mol. The van der Waals surface area contributed by atoms with E-state index in [1.54, 1.807) is 38.1 Å². The van der Waals surface area contributed by atoms with Crippen LogP contribution in [0.1, 0.15) is 45.6 Å². The summed E-state index contributed by atoms with van der Waals surface area (Å²) < 4.78 is 30.3. The van der Waals surface area contributed by atoms with E-state index in [2.05, 4.69) is 42.2 Å². The van der Waals surface area contributed by atoms with Crippen molar-refractivity contribution < 1.29 is 62.1 Å². The van der Waals surface area contributed by atoms with E-state index >= 15 is 8.78 Å². The van der Waals surface area contributed by atoms with Gasteiger partial charge >= 0.3 is 0 Å². The highest BCUT2D eigenvalue weighted by molar-refractivity contribution is 8.00. The highest BCUT2D eigenvalue weighted by Gasteiger charge is 2.52. The molecule has 338 valence electrons. The number of aliphatic hydroxyl groups is 2. The third-order valence-corrected chi connectivity index (χ3v) is 12.2. The number of halogens is 2. The zero-order chi connectivity index (χ0) is 45.6. The van der Waals surface area contributed by atoms with E-state index in [-0.39, 0.29) is 10.6 Å². The van der Waals surface area contributed by atoms with Crippen molar-refractivity contribution in [2.45, 2.75) is 99.1 Å². The van der Waals surface area contributed by atoms with Gasteiger partial charge in [-0.1, -0.05) is 57.2 Å². The van der Waals surface area contributed by atoms with E-state index < -0.39 is 158 Å². The number of aliphatic hydroxyl groups excluding tert-OH is 2. The number of rotatable bonds is 7. The van der Waals surface area contributed by atoms with Crippen molar-refractivity contribution in [3.63, 3.8) is 0 Å². The second kappa shape index (κ2) is 19.9. The van der Waals surface area contributed by atoms with Gasteiger partial charge in [-0.3, -0.25) is 43.2 Å². The van der Waals surface area contributed by atoms with Crippen molar-refractivity contribution in [3.05, 3.63) is 29.8 Å². The SMILES string of the molecule is CC[C@H](C)[C@@H]1NC(=O)CNC(=O)[C@@H]2Cc3c([nH]c4ccccc34)S[C@H](NC(=O)CNC1=O)C(=O)N[C@@H](CC(N)=O)C(=O)N1CC(F)(F)C[C@H]1C(=O)N[C@@H]([C@@H](C)[C@@H](O)CO)C(=O)N2. The minimum absolute atomic E-state index is 0.122. The van der Waals surface area contributed by atoms with E-state index in [9.17, 15) is 53.4 Å². The number of carbonyl (C=O) groups excluding carboxylic acids is 9. The lowest BCUT2D eigenvalue weighted by atomic mass is 9.93. The first kappa shape index (κ1) is 47.2. The molecule has 3 aliphatic rings. The second-order valence-electron chi connectivity index (χ2n) is 15.5. The van der Waals surface area contributed by atoms with E-state index in [4.69, 9.17) is 5.73 Å². The summed E-state index contributed by atoms with van der Waals surface area (Å²) in [6.07, 6.45) is -3.95. The zero-order valence-electron chi connectivity index (χ0n) is 33.9. The van der Waals surface area contributed by atoms with Crippen LogP contribution in [-0.4, -0.2) is 147 Å². The van der Waals surface area contributed by atoms with Gasteiger partial charge in [0.2, 0.25) is 47.3 Å². The number of fused-ring (bicyclic) bond motifs is 4. The van der Waals surface area contributed by atoms with E-state index in [0.717, 1.165) is 0 Å². The number of alkyl halides is 2. The van der Waals surface area contributed by atoms with Crippen LogP contribution in [0.3, 0.4) is 0 Å². The zero-order valence-corrected chi connectivity index (χ0v) is 34.7. The second-order valence-corrected chi connectivity index (χ2v) is 16.7. The van der Waals surface area contributed by atoms with Crippen molar-refractivity contribution in [3.8, 4) is 0 Å². The van der Waals surface area contributed by atoms with Gasteiger partial charge in [-0.15, -0.1) is 0 Å². The number of thioether (sulfide) groups is 1. The predicted molar refractivity (Wildman–Crippen MR) is 214 cm³/mol.